The van der Waals surface area contributed by atoms with E-state index in [1.54, 1.807) is 0 Å². The number of hydrogen-bond donors (Lipinski definition) is 0. The van der Waals surface area contributed by atoms with Crippen LogP contribution in [0.3, 0.4) is 0 Å². The first-order valence-corrected chi connectivity index (χ1v) is 19.5. The minimum atomic E-state index is 0.564. The highest BCUT2D eigenvalue weighted by molar-refractivity contribution is 7.25. The zero-order valence-corrected chi connectivity index (χ0v) is 30.9. The van der Waals surface area contributed by atoms with Crippen molar-refractivity contribution in [1.29, 1.82) is 0 Å². The van der Waals surface area contributed by atoms with Gasteiger partial charge in [0.25, 0.3) is 0 Å². The third-order valence-corrected chi connectivity index (χ3v) is 11.7. The van der Waals surface area contributed by atoms with Gasteiger partial charge in [-0.15, -0.1) is 11.3 Å². The summed E-state index contributed by atoms with van der Waals surface area (Å²) in [5, 5.41) is 4.69. The van der Waals surface area contributed by atoms with Crippen LogP contribution in [0.4, 0.5) is 0 Å². The second kappa shape index (κ2) is 13.3. The van der Waals surface area contributed by atoms with E-state index in [4.69, 9.17) is 19.4 Å². The average molecular weight is 734 g/mol. The van der Waals surface area contributed by atoms with Crippen LogP contribution in [0.25, 0.3) is 110 Å². The average Bonchev–Trinajstić information content (AvgIpc) is 3.85. The molecule has 8 aromatic carbocycles. The molecule has 4 nitrogen and oxygen atoms in total. The van der Waals surface area contributed by atoms with E-state index < -0.39 is 0 Å². The Balaban J connectivity index is 0.990. The summed E-state index contributed by atoms with van der Waals surface area (Å²) in [7, 11) is 0. The number of para-hydroxylation sites is 1. The molecule has 3 aromatic heterocycles. The molecule has 11 aromatic rings. The Bertz CT molecular complexity index is 3240. The Labute approximate surface area is 327 Å². The molecule has 0 bridgehead atoms. The number of aromatic nitrogens is 3. The van der Waals surface area contributed by atoms with Gasteiger partial charge in [0.1, 0.15) is 11.2 Å². The summed E-state index contributed by atoms with van der Waals surface area (Å²) in [5.74, 6) is 1.78. The van der Waals surface area contributed by atoms with E-state index in [0.29, 0.717) is 17.5 Å². The molecule has 0 spiro atoms. The third-order valence-electron chi connectivity index (χ3n) is 10.6. The molecule has 0 N–H and O–H groups in total. The van der Waals surface area contributed by atoms with Crippen molar-refractivity contribution in [1.82, 2.24) is 15.0 Å². The lowest BCUT2D eigenvalue weighted by molar-refractivity contribution is 0.669. The SMILES string of the molecule is c1ccc(-c2ccc(-c3nc(-c4ccccc4)nc(-c4cccc5c4oc4ccc(-c6cccc(-c7ccc8c(c7)sc7ccccc78)c6)cc45)n3)cc2)cc1. The van der Waals surface area contributed by atoms with E-state index in [2.05, 4.69) is 146 Å². The van der Waals surface area contributed by atoms with Crippen LogP contribution in [0.1, 0.15) is 0 Å². The minimum Gasteiger partial charge on any atom is -0.455 e. The maximum atomic E-state index is 6.64. The molecule has 0 saturated heterocycles. The smallest absolute Gasteiger partial charge is 0.167 e. The Morgan fingerprint density at radius 1 is 0.321 bits per heavy atom. The number of benzene rings is 8. The van der Waals surface area contributed by atoms with Crippen LogP contribution < -0.4 is 0 Å². The van der Waals surface area contributed by atoms with Crippen molar-refractivity contribution in [2.24, 2.45) is 0 Å². The Morgan fingerprint density at radius 2 is 0.839 bits per heavy atom. The van der Waals surface area contributed by atoms with Gasteiger partial charge in [-0.25, -0.2) is 15.0 Å². The molecule has 262 valence electrons. The van der Waals surface area contributed by atoms with Crippen molar-refractivity contribution in [3.8, 4) is 67.5 Å². The van der Waals surface area contributed by atoms with E-state index >= 15 is 0 Å². The molecule has 0 amide bonds. The van der Waals surface area contributed by atoms with Crippen molar-refractivity contribution in [2.45, 2.75) is 0 Å². The lowest BCUT2D eigenvalue weighted by Gasteiger charge is -2.09. The number of thiophene rings is 1. The summed E-state index contributed by atoms with van der Waals surface area (Å²) >= 11 is 1.85. The van der Waals surface area contributed by atoms with E-state index in [0.717, 1.165) is 60.9 Å². The molecular weight excluding hydrogens is 703 g/mol. The number of fused-ring (bicyclic) bond motifs is 6. The van der Waals surface area contributed by atoms with Crippen LogP contribution in [0.15, 0.2) is 192 Å². The summed E-state index contributed by atoms with van der Waals surface area (Å²) < 4.78 is 9.27. The van der Waals surface area contributed by atoms with Crippen LogP contribution in [0, 0.1) is 0 Å². The number of nitrogens with zero attached hydrogens (tertiary/aromatic N) is 3. The zero-order chi connectivity index (χ0) is 37.0. The molecule has 0 aliphatic carbocycles. The fraction of sp³-hybridized carbons (Fsp3) is 0. The van der Waals surface area contributed by atoms with Gasteiger partial charge in [0.2, 0.25) is 0 Å². The Hall–Kier alpha value is -7.21. The second-order valence-electron chi connectivity index (χ2n) is 14.0. The molecule has 0 radical (unpaired) electrons. The summed E-state index contributed by atoms with van der Waals surface area (Å²) in [4.78, 5) is 15.1. The molecule has 0 aliphatic rings. The maximum Gasteiger partial charge on any atom is 0.167 e. The second-order valence-corrected chi connectivity index (χ2v) is 15.1. The van der Waals surface area contributed by atoms with Gasteiger partial charge in [0, 0.05) is 42.1 Å². The van der Waals surface area contributed by atoms with Crippen LogP contribution in [-0.4, -0.2) is 15.0 Å². The summed E-state index contributed by atoms with van der Waals surface area (Å²) in [5.41, 5.74) is 11.2. The van der Waals surface area contributed by atoms with Gasteiger partial charge in [-0.1, -0.05) is 152 Å². The number of rotatable bonds is 6. The highest BCUT2D eigenvalue weighted by Gasteiger charge is 2.18. The minimum absolute atomic E-state index is 0.564. The van der Waals surface area contributed by atoms with E-state index in [1.807, 2.05) is 53.8 Å². The van der Waals surface area contributed by atoms with Gasteiger partial charge in [-0.2, -0.15) is 0 Å². The molecule has 0 atom stereocenters. The molecule has 0 aliphatic heterocycles. The summed E-state index contributed by atoms with van der Waals surface area (Å²) in [6.45, 7) is 0. The largest absolute Gasteiger partial charge is 0.455 e. The Kier molecular flexibility index (Phi) is 7.64. The quantitative estimate of drug-likeness (QED) is 0.171. The van der Waals surface area contributed by atoms with Gasteiger partial charge in [-0.05, 0) is 69.8 Å². The van der Waals surface area contributed by atoms with Gasteiger partial charge in [0.05, 0.1) is 5.56 Å². The van der Waals surface area contributed by atoms with Gasteiger partial charge >= 0.3 is 0 Å². The van der Waals surface area contributed by atoms with Crippen LogP contribution in [0.2, 0.25) is 0 Å². The first-order chi connectivity index (χ1) is 27.7. The zero-order valence-electron chi connectivity index (χ0n) is 30.1. The van der Waals surface area contributed by atoms with Crippen molar-refractivity contribution < 1.29 is 4.42 Å². The fourth-order valence-corrected chi connectivity index (χ4v) is 8.87. The van der Waals surface area contributed by atoms with Gasteiger partial charge in [0.15, 0.2) is 17.5 Å². The third kappa shape index (κ3) is 5.65. The molecule has 0 unspecified atom stereocenters. The molecular formula is C51H31N3OS. The maximum absolute atomic E-state index is 6.64. The predicted molar refractivity (Wildman–Crippen MR) is 233 cm³/mol. The van der Waals surface area contributed by atoms with Crippen molar-refractivity contribution in [2.75, 3.05) is 0 Å². The van der Waals surface area contributed by atoms with Crippen molar-refractivity contribution in [3.05, 3.63) is 188 Å². The fourth-order valence-electron chi connectivity index (χ4n) is 7.72. The van der Waals surface area contributed by atoms with E-state index in [-0.39, 0.29) is 0 Å². The molecule has 56 heavy (non-hydrogen) atoms. The highest BCUT2D eigenvalue weighted by atomic mass is 32.1. The summed E-state index contributed by atoms with van der Waals surface area (Å²) in [6, 6.07) is 65.8. The standard InChI is InChI=1S/C51H31N3OS/c1-3-11-32(12-4-1)33-21-23-35(24-22-33)50-52-49(34-13-5-2-6-14-34)53-51(54-50)43-19-10-18-42-44-30-38(26-28-45(44)55-48(42)43)36-15-9-16-37(29-36)39-25-27-41-40-17-7-8-20-46(40)56-47(41)31-39/h1-31H. The molecule has 0 fully saturated rings. The van der Waals surface area contributed by atoms with Crippen molar-refractivity contribution >= 4 is 53.4 Å². The summed E-state index contributed by atoms with van der Waals surface area (Å²) in [6.07, 6.45) is 0. The molecule has 5 heteroatoms. The van der Waals surface area contributed by atoms with Crippen LogP contribution in [-0.2, 0) is 0 Å². The first kappa shape index (κ1) is 32.2. The van der Waals surface area contributed by atoms with Crippen molar-refractivity contribution in [3.63, 3.8) is 0 Å². The molecule has 3 heterocycles. The van der Waals surface area contributed by atoms with E-state index in [9.17, 15) is 0 Å². The predicted octanol–water partition coefficient (Wildman–Crippen LogP) is 14.1. The normalized spacial score (nSPS) is 11.6. The topological polar surface area (TPSA) is 51.8 Å². The lowest BCUT2D eigenvalue weighted by atomic mass is 9.97. The van der Waals surface area contributed by atoms with Crippen LogP contribution >= 0.6 is 11.3 Å². The first-order valence-electron chi connectivity index (χ1n) is 18.7. The monoisotopic (exact) mass is 733 g/mol. The molecule has 11 rings (SSSR count). The number of hydrogen-bond acceptors (Lipinski definition) is 5. The van der Waals surface area contributed by atoms with Gasteiger partial charge in [-0.3, -0.25) is 0 Å². The molecule has 0 saturated carbocycles. The highest BCUT2D eigenvalue weighted by Crippen LogP contribution is 2.40. The lowest BCUT2D eigenvalue weighted by Crippen LogP contribution is -2.00. The van der Waals surface area contributed by atoms with Gasteiger partial charge < -0.3 is 4.42 Å². The van der Waals surface area contributed by atoms with Crippen LogP contribution in [0.5, 0.6) is 0 Å². The van der Waals surface area contributed by atoms with E-state index in [1.165, 1.54) is 31.3 Å². The number of furan rings is 1. The Morgan fingerprint density at radius 3 is 1.62 bits per heavy atom.